The van der Waals surface area contributed by atoms with Crippen LogP contribution in [0.5, 0.6) is 17.2 Å². The summed E-state index contributed by atoms with van der Waals surface area (Å²) >= 11 is 0. The Hall–Kier alpha value is -2.93. The minimum atomic E-state index is -0.137. The van der Waals surface area contributed by atoms with Gasteiger partial charge in [-0.3, -0.25) is 4.79 Å². The van der Waals surface area contributed by atoms with Crippen LogP contribution in [0.1, 0.15) is 12.5 Å². The maximum Gasteiger partial charge on any atom is 0.278 e. The molecule has 7 nitrogen and oxygen atoms in total. The summed E-state index contributed by atoms with van der Waals surface area (Å²) in [6.45, 7) is 5.72. The summed E-state index contributed by atoms with van der Waals surface area (Å²) in [4.78, 5) is 16.1. The number of amides is 1. The van der Waals surface area contributed by atoms with Gasteiger partial charge in [0.05, 0.1) is 46.1 Å². The number of piperazine rings is 1. The lowest BCUT2D eigenvalue weighted by Gasteiger charge is -2.36. The van der Waals surface area contributed by atoms with E-state index in [-0.39, 0.29) is 11.9 Å². The third-order valence-electron chi connectivity index (χ3n) is 5.55. The summed E-state index contributed by atoms with van der Waals surface area (Å²) in [6, 6.07) is 12.9. The predicted molar refractivity (Wildman–Crippen MR) is 112 cm³/mol. The lowest BCUT2D eigenvalue weighted by molar-refractivity contribution is -0.914. The first-order valence-electron chi connectivity index (χ1n) is 9.89. The Labute approximate surface area is 171 Å². The summed E-state index contributed by atoms with van der Waals surface area (Å²) in [5.41, 5.74) is 1.82. The molecule has 1 saturated heterocycles. The highest BCUT2D eigenvalue weighted by Crippen LogP contribution is 2.27. The van der Waals surface area contributed by atoms with E-state index in [0.717, 1.165) is 37.4 Å². The van der Waals surface area contributed by atoms with Crippen LogP contribution < -0.4 is 24.6 Å². The molecule has 1 amide bonds. The minimum Gasteiger partial charge on any atom is -0.506 e. The zero-order chi connectivity index (χ0) is 20.8. The second-order valence-corrected chi connectivity index (χ2v) is 7.26. The van der Waals surface area contributed by atoms with E-state index in [4.69, 9.17) is 9.47 Å². The smallest absolute Gasteiger partial charge is 0.278 e. The Morgan fingerprint density at radius 2 is 1.83 bits per heavy atom. The molecule has 1 atom stereocenters. The molecule has 0 spiro atoms. The van der Waals surface area contributed by atoms with E-state index in [0.29, 0.717) is 23.8 Å². The number of hydrogen-bond acceptors (Lipinski definition) is 5. The number of quaternary nitrogens is 1. The molecule has 0 aliphatic carbocycles. The van der Waals surface area contributed by atoms with Gasteiger partial charge in [0.15, 0.2) is 17.5 Å². The zero-order valence-electron chi connectivity index (χ0n) is 17.3. The molecule has 0 saturated carbocycles. The minimum absolute atomic E-state index is 0.0331. The maximum atomic E-state index is 12.7. The average Bonchev–Trinajstić information content (AvgIpc) is 2.77. The second kappa shape index (κ2) is 9.52. The molecular formula is C22H30N3O4+. The molecule has 2 aromatic rings. The van der Waals surface area contributed by atoms with E-state index < -0.39 is 0 Å². The Kier molecular flexibility index (Phi) is 6.82. The van der Waals surface area contributed by atoms with Crippen LogP contribution >= 0.6 is 0 Å². The molecule has 1 heterocycles. The van der Waals surface area contributed by atoms with Gasteiger partial charge in [-0.25, -0.2) is 0 Å². The molecule has 2 aromatic carbocycles. The van der Waals surface area contributed by atoms with Crippen molar-refractivity contribution in [1.82, 2.24) is 5.32 Å². The van der Waals surface area contributed by atoms with Crippen LogP contribution in [0.4, 0.5) is 5.69 Å². The van der Waals surface area contributed by atoms with E-state index in [2.05, 4.69) is 10.2 Å². The first-order valence-corrected chi connectivity index (χ1v) is 9.89. The highest BCUT2D eigenvalue weighted by Gasteiger charge is 2.29. The lowest BCUT2D eigenvalue weighted by Crippen LogP contribution is -3.19. The number of nitrogens with one attached hydrogen (secondary N) is 2. The Bertz CT molecular complexity index is 835. The molecule has 0 unspecified atom stereocenters. The Morgan fingerprint density at radius 1 is 1.14 bits per heavy atom. The summed E-state index contributed by atoms with van der Waals surface area (Å²) in [6.07, 6.45) is 0. The number of carbonyl (C=O) groups excluding carboxylic acids is 1. The first-order chi connectivity index (χ1) is 14.0. The van der Waals surface area contributed by atoms with Gasteiger partial charge in [0, 0.05) is 6.54 Å². The van der Waals surface area contributed by atoms with Gasteiger partial charge in [-0.05, 0) is 36.8 Å². The van der Waals surface area contributed by atoms with Crippen LogP contribution in [0.3, 0.4) is 0 Å². The quantitative estimate of drug-likeness (QED) is 0.642. The summed E-state index contributed by atoms with van der Waals surface area (Å²) in [5.74, 6) is 1.66. The van der Waals surface area contributed by atoms with Gasteiger partial charge >= 0.3 is 0 Å². The van der Waals surface area contributed by atoms with E-state index in [1.165, 1.54) is 4.90 Å². The van der Waals surface area contributed by atoms with Crippen molar-refractivity contribution in [3.63, 3.8) is 0 Å². The molecule has 0 radical (unpaired) electrons. The fourth-order valence-electron chi connectivity index (χ4n) is 3.72. The van der Waals surface area contributed by atoms with Crippen molar-refractivity contribution in [1.29, 1.82) is 0 Å². The van der Waals surface area contributed by atoms with Gasteiger partial charge in [0.2, 0.25) is 0 Å². The molecule has 3 rings (SSSR count). The van der Waals surface area contributed by atoms with Crippen molar-refractivity contribution in [2.75, 3.05) is 45.3 Å². The van der Waals surface area contributed by atoms with Gasteiger partial charge in [-0.15, -0.1) is 0 Å². The zero-order valence-corrected chi connectivity index (χ0v) is 17.3. The van der Waals surface area contributed by atoms with Crippen LogP contribution in [0.25, 0.3) is 0 Å². The number of hydrogen-bond donors (Lipinski definition) is 3. The van der Waals surface area contributed by atoms with Crippen molar-refractivity contribution in [2.45, 2.75) is 19.5 Å². The molecule has 7 heteroatoms. The lowest BCUT2D eigenvalue weighted by atomic mass is 10.1. The summed E-state index contributed by atoms with van der Waals surface area (Å²) < 4.78 is 10.6. The van der Waals surface area contributed by atoms with Gasteiger partial charge in [-0.1, -0.05) is 18.2 Å². The molecule has 156 valence electrons. The molecule has 1 aliphatic heterocycles. The topological polar surface area (TPSA) is 75.5 Å². The van der Waals surface area contributed by atoms with E-state index in [1.54, 1.807) is 20.3 Å². The van der Waals surface area contributed by atoms with Crippen molar-refractivity contribution in [3.8, 4) is 17.2 Å². The molecule has 0 bridgehead atoms. The fraction of sp³-hybridized carbons (Fsp3) is 0.409. The number of rotatable bonds is 7. The molecule has 1 aliphatic rings. The predicted octanol–water partition coefficient (Wildman–Crippen LogP) is 0.819. The van der Waals surface area contributed by atoms with Crippen molar-refractivity contribution >= 4 is 11.6 Å². The SMILES string of the molecule is COc1ccc(CNC(=O)[C@H](C)[NH+]2CCN(c3ccccc3O)CC2)cc1OC. The van der Waals surface area contributed by atoms with Crippen LogP contribution in [0, 0.1) is 0 Å². The Balaban J connectivity index is 1.51. The van der Waals surface area contributed by atoms with Gasteiger partial charge < -0.3 is 29.7 Å². The molecule has 0 aromatic heterocycles. The number of methoxy groups -OCH3 is 2. The second-order valence-electron chi connectivity index (χ2n) is 7.26. The Morgan fingerprint density at radius 3 is 2.48 bits per heavy atom. The van der Waals surface area contributed by atoms with Crippen molar-refractivity contribution < 1.29 is 24.3 Å². The average molecular weight is 400 g/mol. The van der Waals surface area contributed by atoms with Gasteiger partial charge in [0.1, 0.15) is 5.75 Å². The summed E-state index contributed by atoms with van der Waals surface area (Å²) in [5, 5.41) is 13.1. The number of para-hydroxylation sites is 2. The number of ether oxygens (including phenoxy) is 2. The summed E-state index contributed by atoms with van der Waals surface area (Å²) in [7, 11) is 3.20. The van der Waals surface area contributed by atoms with Crippen LogP contribution in [0.2, 0.25) is 0 Å². The third-order valence-corrected chi connectivity index (χ3v) is 5.55. The number of anilines is 1. The van der Waals surface area contributed by atoms with Gasteiger partial charge in [0.25, 0.3) is 5.91 Å². The van der Waals surface area contributed by atoms with Crippen LogP contribution in [0.15, 0.2) is 42.5 Å². The number of benzene rings is 2. The maximum absolute atomic E-state index is 12.7. The third kappa shape index (κ3) is 4.92. The highest BCUT2D eigenvalue weighted by molar-refractivity contribution is 5.80. The van der Waals surface area contributed by atoms with E-state index in [9.17, 15) is 9.90 Å². The van der Waals surface area contributed by atoms with E-state index >= 15 is 0 Å². The number of carbonyl (C=O) groups is 1. The van der Waals surface area contributed by atoms with Gasteiger partial charge in [-0.2, -0.15) is 0 Å². The first kappa shape index (κ1) is 20.8. The monoisotopic (exact) mass is 400 g/mol. The standard InChI is InChI=1S/C22H29N3O4/c1-16(22(27)23-15-17-8-9-20(28-2)21(14-17)29-3)24-10-12-25(13-11-24)18-6-4-5-7-19(18)26/h4-9,14,16,26H,10-13,15H2,1-3H3,(H,23,27)/p+1/t16-/m0/s1. The van der Waals surface area contributed by atoms with E-state index in [1.807, 2.05) is 43.3 Å². The molecule has 29 heavy (non-hydrogen) atoms. The number of phenolic OH excluding ortho intramolecular Hbond substituents is 1. The highest BCUT2D eigenvalue weighted by atomic mass is 16.5. The largest absolute Gasteiger partial charge is 0.506 e. The van der Waals surface area contributed by atoms with Crippen LogP contribution in [-0.2, 0) is 11.3 Å². The van der Waals surface area contributed by atoms with Crippen molar-refractivity contribution in [2.24, 2.45) is 0 Å². The molecule has 3 N–H and O–H groups in total. The normalized spacial score (nSPS) is 15.6. The molecule has 1 fully saturated rings. The molecular weight excluding hydrogens is 370 g/mol. The number of nitrogens with zero attached hydrogens (tertiary/aromatic N) is 1. The van der Waals surface area contributed by atoms with Crippen LogP contribution in [-0.4, -0.2) is 57.5 Å². The number of aromatic hydroxyl groups is 1. The number of phenols is 1. The fourth-order valence-corrected chi connectivity index (χ4v) is 3.72. The van der Waals surface area contributed by atoms with Crippen molar-refractivity contribution in [3.05, 3.63) is 48.0 Å².